The third-order valence-corrected chi connectivity index (χ3v) is 7.22. The second kappa shape index (κ2) is 8.82. The number of fused-ring (bicyclic) bond motifs is 1. The Morgan fingerprint density at radius 3 is 2.43 bits per heavy atom. The minimum Gasteiger partial charge on any atom is -0.444 e. The molecule has 4 aliphatic rings. The first kappa shape index (κ1) is 23.6. The van der Waals surface area contributed by atoms with E-state index in [1.165, 1.54) is 0 Å². The molecule has 5 rings (SSSR count). The van der Waals surface area contributed by atoms with Crippen molar-refractivity contribution < 1.29 is 23.9 Å². The molecule has 10 heteroatoms. The molecular formula is C25H33N5O5. The predicted octanol–water partition coefficient (Wildman–Crippen LogP) is 1.19. The van der Waals surface area contributed by atoms with Gasteiger partial charge in [-0.15, -0.1) is 0 Å². The number of amides is 4. The van der Waals surface area contributed by atoms with Crippen LogP contribution < -0.4 is 10.2 Å². The van der Waals surface area contributed by atoms with Gasteiger partial charge in [-0.25, -0.2) is 4.79 Å². The Labute approximate surface area is 205 Å². The van der Waals surface area contributed by atoms with Crippen molar-refractivity contribution in [2.24, 2.45) is 0 Å². The monoisotopic (exact) mass is 483 g/mol. The van der Waals surface area contributed by atoms with E-state index in [1.54, 1.807) is 9.80 Å². The van der Waals surface area contributed by atoms with Gasteiger partial charge in [0.2, 0.25) is 11.8 Å². The molecular weight excluding hydrogens is 450 g/mol. The van der Waals surface area contributed by atoms with E-state index in [4.69, 9.17) is 4.74 Å². The van der Waals surface area contributed by atoms with Crippen LogP contribution in [-0.4, -0.2) is 95.5 Å². The molecule has 0 radical (unpaired) electrons. The molecule has 188 valence electrons. The minimum absolute atomic E-state index is 0.148. The zero-order valence-corrected chi connectivity index (χ0v) is 20.6. The summed E-state index contributed by atoms with van der Waals surface area (Å²) in [5.74, 6) is -0.818. The van der Waals surface area contributed by atoms with Crippen molar-refractivity contribution in [3.8, 4) is 0 Å². The Balaban J connectivity index is 1.15. The lowest BCUT2D eigenvalue weighted by Gasteiger charge is -2.48. The first-order chi connectivity index (χ1) is 16.6. The summed E-state index contributed by atoms with van der Waals surface area (Å²) >= 11 is 0. The Hall–Kier alpha value is -3.14. The highest BCUT2D eigenvalue weighted by Gasteiger charge is 2.40. The number of benzene rings is 1. The number of nitrogens with zero attached hydrogens (tertiary/aromatic N) is 4. The fourth-order valence-corrected chi connectivity index (χ4v) is 5.26. The first-order valence-corrected chi connectivity index (χ1v) is 12.3. The van der Waals surface area contributed by atoms with Crippen LogP contribution >= 0.6 is 0 Å². The maximum Gasteiger partial charge on any atom is 0.410 e. The fraction of sp³-hybridized carbons (Fsp3) is 0.600. The van der Waals surface area contributed by atoms with E-state index in [9.17, 15) is 19.2 Å². The number of anilines is 1. The summed E-state index contributed by atoms with van der Waals surface area (Å²) in [4.78, 5) is 56.9. The molecule has 1 unspecified atom stereocenters. The Kier molecular flexibility index (Phi) is 5.94. The standard InChI is InChI=1S/C25H33N5O5/c1-25(2,3)35-24(34)29-14-18(15-29)28-10-8-27(9-11-28)17-4-5-19-16(12-17)13-30(23(19)33)20-6-7-21(31)26-22(20)32/h4-5,12,18,20H,6-11,13-15H2,1-3H3,(H,26,31,32). The third kappa shape index (κ3) is 4.71. The van der Waals surface area contributed by atoms with Crippen LogP contribution in [0.3, 0.4) is 0 Å². The molecule has 0 aromatic heterocycles. The summed E-state index contributed by atoms with van der Waals surface area (Å²) in [6.45, 7) is 11.0. The van der Waals surface area contributed by atoms with Gasteiger partial charge in [-0.05, 0) is 51.0 Å². The lowest BCUT2D eigenvalue weighted by Crippen LogP contribution is -2.64. The summed E-state index contributed by atoms with van der Waals surface area (Å²) in [5, 5.41) is 2.34. The molecule has 4 heterocycles. The highest BCUT2D eigenvalue weighted by molar-refractivity contribution is 6.05. The lowest BCUT2D eigenvalue weighted by atomic mass is 10.0. The van der Waals surface area contributed by atoms with Crippen LogP contribution in [0.1, 0.15) is 49.5 Å². The predicted molar refractivity (Wildman–Crippen MR) is 128 cm³/mol. The van der Waals surface area contributed by atoms with Crippen LogP contribution in [0.15, 0.2) is 18.2 Å². The fourth-order valence-electron chi connectivity index (χ4n) is 5.26. The number of rotatable bonds is 3. The highest BCUT2D eigenvalue weighted by atomic mass is 16.6. The van der Waals surface area contributed by atoms with E-state index >= 15 is 0 Å². The van der Waals surface area contributed by atoms with E-state index in [-0.39, 0.29) is 30.2 Å². The van der Waals surface area contributed by atoms with Gasteiger partial charge in [-0.1, -0.05) is 0 Å². The quantitative estimate of drug-likeness (QED) is 0.645. The summed E-state index contributed by atoms with van der Waals surface area (Å²) in [6, 6.07) is 5.67. The van der Waals surface area contributed by atoms with Gasteiger partial charge < -0.3 is 19.4 Å². The van der Waals surface area contributed by atoms with Crippen molar-refractivity contribution in [3.63, 3.8) is 0 Å². The van der Waals surface area contributed by atoms with Crippen LogP contribution in [0.5, 0.6) is 0 Å². The van der Waals surface area contributed by atoms with Crippen molar-refractivity contribution in [3.05, 3.63) is 29.3 Å². The SMILES string of the molecule is CC(C)(C)OC(=O)N1CC(N2CCN(c3ccc4c(c3)CN(C3CCC(=O)NC3=O)C4=O)CC2)C1. The van der Waals surface area contributed by atoms with Gasteiger partial charge >= 0.3 is 6.09 Å². The largest absolute Gasteiger partial charge is 0.444 e. The van der Waals surface area contributed by atoms with Crippen molar-refractivity contribution in [1.29, 1.82) is 0 Å². The average molecular weight is 484 g/mol. The molecule has 1 N–H and O–H groups in total. The Morgan fingerprint density at radius 1 is 1.06 bits per heavy atom. The van der Waals surface area contributed by atoms with E-state index in [2.05, 4.69) is 21.2 Å². The second-order valence-electron chi connectivity index (χ2n) is 10.8. The molecule has 1 aromatic carbocycles. The van der Waals surface area contributed by atoms with Crippen molar-refractivity contribution in [2.45, 2.75) is 57.8 Å². The van der Waals surface area contributed by atoms with Crippen molar-refractivity contribution in [2.75, 3.05) is 44.2 Å². The smallest absolute Gasteiger partial charge is 0.410 e. The van der Waals surface area contributed by atoms with Gasteiger partial charge in [0.05, 0.1) is 0 Å². The number of piperidine rings is 1. The van der Waals surface area contributed by atoms with Gasteiger partial charge in [0.25, 0.3) is 5.91 Å². The molecule has 3 saturated heterocycles. The van der Waals surface area contributed by atoms with Crippen LogP contribution in [0.2, 0.25) is 0 Å². The number of hydrogen-bond donors (Lipinski definition) is 1. The van der Waals surface area contributed by atoms with Crippen molar-refractivity contribution in [1.82, 2.24) is 20.0 Å². The van der Waals surface area contributed by atoms with Gasteiger partial charge in [0.15, 0.2) is 0 Å². The summed E-state index contributed by atoms with van der Waals surface area (Å²) in [7, 11) is 0. The number of nitrogens with one attached hydrogen (secondary N) is 1. The molecule has 0 aliphatic carbocycles. The molecule has 3 fully saturated rings. The Morgan fingerprint density at radius 2 is 1.77 bits per heavy atom. The number of likely N-dealkylation sites (tertiary alicyclic amines) is 1. The first-order valence-electron chi connectivity index (χ1n) is 12.3. The van der Waals surface area contributed by atoms with Gasteiger partial charge in [-0.2, -0.15) is 0 Å². The molecule has 0 bridgehead atoms. The lowest BCUT2D eigenvalue weighted by molar-refractivity contribution is -0.136. The molecule has 4 aliphatic heterocycles. The number of piperazine rings is 1. The van der Waals surface area contributed by atoms with Gasteiger partial charge in [0, 0.05) is 69.5 Å². The molecule has 0 spiro atoms. The van der Waals surface area contributed by atoms with Crippen LogP contribution in [0.25, 0.3) is 0 Å². The summed E-state index contributed by atoms with van der Waals surface area (Å²) in [6.07, 6.45) is 0.375. The molecule has 1 aromatic rings. The van der Waals surface area contributed by atoms with Gasteiger partial charge in [-0.3, -0.25) is 24.6 Å². The number of hydrogen-bond acceptors (Lipinski definition) is 7. The minimum atomic E-state index is -0.595. The van der Waals surface area contributed by atoms with E-state index in [0.717, 1.165) is 37.4 Å². The van der Waals surface area contributed by atoms with Gasteiger partial charge in [0.1, 0.15) is 11.6 Å². The van der Waals surface area contributed by atoms with E-state index in [0.29, 0.717) is 37.7 Å². The molecule has 0 saturated carbocycles. The van der Waals surface area contributed by atoms with E-state index < -0.39 is 11.6 Å². The van der Waals surface area contributed by atoms with E-state index in [1.807, 2.05) is 32.9 Å². The number of carbonyl (C=O) groups is 4. The summed E-state index contributed by atoms with van der Waals surface area (Å²) < 4.78 is 5.45. The molecule has 35 heavy (non-hydrogen) atoms. The topological polar surface area (TPSA) is 102 Å². The summed E-state index contributed by atoms with van der Waals surface area (Å²) in [5.41, 5.74) is 2.15. The second-order valence-corrected chi connectivity index (χ2v) is 10.8. The maximum absolute atomic E-state index is 12.9. The number of carbonyl (C=O) groups excluding carboxylic acids is 4. The zero-order valence-electron chi connectivity index (χ0n) is 20.6. The zero-order chi connectivity index (χ0) is 24.9. The van der Waals surface area contributed by atoms with Crippen LogP contribution in [0.4, 0.5) is 10.5 Å². The van der Waals surface area contributed by atoms with Crippen LogP contribution in [0, 0.1) is 0 Å². The molecule has 10 nitrogen and oxygen atoms in total. The number of ether oxygens (including phenoxy) is 1. The Bertz CT molecular complexity index is 1050. The molecule has 4 amide bonds. The van der Waals surface area contributed by atoms with Crippen molar-refractivity contribution >= 4 is 29.5 Å². The molecule has 1 atom stereocenters. The van der Waals surface area contributed by atoms with Crippen LogP contribution in [-0.2, 0) is 20.9 Å². The number of imide groups is 1. The third-order valence-electron chi connectivity index (χ3n) is 7.22. The maximum atomic E-state index is 12.9. The normalized spacial score (nSPS) is 23.8. The average Bonchev–Trinajstić information content (AvgIpc) is 3.07. The highest BCUT2D eigenvalue weighted by Crippen LogP contribution is 2.31.